The number of hydrazine groups is 2. The maximum absolute atomic E-state index is 8.50. The molecule has 0 aromatic rings. The minimum absolute atomic E-state index is 0.0639. The minimum atomic E-state index is -2.03. The van der Waals surface area contributed by atoms with Crippen LogP contribution in [0.15, 0.2) is 12.3 Å². The Labute approximate surface area is 139 Å². The Hall–Kier alpha value is -0.0717. The summed E-state index contributed by atoms with van der Waals surface area (Å²) in [4.78, 5) is 4.63. The molecule has 8 nitrogen and oxygen atoms in total. The summed E-state index contributed by atoms with van der Waals surface area (Å²) < 4.78 is 17.0. The van der Waals surface area contributed by atoms with Gasteiger partial charge in [0, 0.05) is 12.7 Å². The summed E-state index contributed by atoms with van der Waals surface area (Å²) >= 11 is 17.3. The average molecular weight is 424 g/mol. The Morgan fingerprint density at radius 2 is 2.00 bits per heavy atom. The predicted octanol–water partition coefficient (Wildman–Crippen LogP) is -0.111. The van der Waals surface area contributed by atoms with E-state index >= 15 is 0 Å². The van der Waals surface area contributed by atoms with Crippen LogP contribution in [0.5, 0.6) is 0 Å². The van der Waals surface area contributed by atoms with E-state index in [4.69, 9.17) is 61.7 Å². The van der Waals surface area contributed by atoms with Gasteiger partial charge in [-0.25, -0.2) is 0 Å². The Bertz CT molecular complexity index is 391. The van der Waals surface area contributed by atoms with E-state index in [1.807, 2.05) is 6.08 Å². The summed E-state index contributed by atoms with van der Waals surface area (Å²) in [5.74, 6) is 0. The van der Waals surface area contributed by atoms with Gasteiger partial charge in [0.1, 0.15) is 0 Å². The van der Waals surface area contributed by atoms with Crippen molar-refractivity contribution in [1.82, 2.24) is 20.9 Å². The fourth-order valence-corrected chi connectivity index (χ4v) is 1.70. The van der Waals surface area contributed by atoms with Crippen molar-refractivity contribution in [3.63, 3.8) is 0 Å². The van der Waals surface area contributed by atoms with Crippen LogP contribution in [0.4, 0.5) is 0 Å². The van der Waals surface area contributed by atoms with E-state index in [9.17, 15) is 0 Å². The second-order valence-corrected chi connectivity index (χ2v) is 5.08. The summed E-state index contributed by atoms with van der Waals surface area (Å²) in [5.41, 5.74) is 1.48. The molecule has 0 radical (unpaired) electrons. The van der Waals surface area contributed by atoms with Crippen molar-refractivity contribution in [2.75, 3.05) is 6.54 Å². The van der Waals surface area contributed by atoms with Crippen LogP contribution in [0.1, 0.15) is 6.42 Å². The summed E-state index contributed by atoms with van der Waals surface area (Å²) in [6, 6.07) is 0. The molecule has 0 saturated heterocycles. The second kappa shape index (κ2) is 10.7. The zero-order valence-corrected chi connectivity index (χ0v) is 14.4. The van der Waals surface area contributed by atoms with Gasteiger partial charge in [0.15, 0.2) is 0 Å². The van der Waals surface area contributed by atoms with E-state index in [1.165, 1.54) is 10.8 Å². The normalized spacial score (nSPS) is 12.2. The van der Waals surface area contributed by atoms with Crippen molar-refractivity contribution in [3.8, 4) is 0 Å². The average Bonchev–Trinajstić information content (AvgIpc) is 2.82. The monoisotopic (exact) mass is 426 g/mol. The number of hydrogen-bond acceptors (Lipinski definition) is 10. The van der Waals surface area contributed by atoms with Gasteiger partial charge in [-0.1, -0.05) is 11.7 Å². The number of nitrogens with one attached hydrogen (secondary N) is 1. The first kappa shape index (κ1) is 18.9. The standard InChI is InChI=1S/C6H10N4O2S4.Mo.2O/c11-7-12-10(6(15)16)9(5(13)14)8-3-1-2-4-8;;;/h1,3,7,11H,2,4H2,(H,13,14)(H,15,16);;;/q;+2;;/p-2. The fraction of sp³-hybridized carbons (Fsp3) is 0.333. The van der Waals surface area contributed by atoms with Crippen molar-refractivity contribution in [3.05, 3.63) is 12.3 Å². The molecule has 1 rings (SSSR count). The van der Waals surface area contributed by atoms with E-state index < -0.39 is 18.5 Å². The molecule has 0 amide bonds. The Morgan fingerprint density at radius 3 is 2.32 bits per heavy atom. The van der Waals surface area contributed by atoms with Crippen molar-refractivity contribution in [1.29, 1.82) is 0 Å². The maximum atomic E-state index is 8.50. The molecule has 2 N–H and O–H groups in total. The summed E-state index contributed by atoms with van der Waals surface area (Å²) in [6.07, 6.45) is 4.54. The zero-order chi connectivity index (χ0) is 14.8. The molecule has 13 heteroatoms. The second-order valence-electron chi connectivity index (χ2n) is 2.68. The molecule has 0 aromatic heterocycles. The van der Waals surface area contributed by atoms with Gasteiger partial charge >= 0.3 is 25.3 Å². The fourth-order valence-electron chi connectivity index (χ4n) is 1.11. The van der Waals surface area contributed by atoms with Crippen molar-refractivity contribution in [2.24, 2.45) is 0 Å². The van der Waals surface area contributed by atoms with Crippen LogP contribution in [-0.2, 0) is 55.5 Å². The van der Waals surface area contributed by atoms with E-state index in [1.54, 1.807) is 11.2 Å². The van der Waals surface area contributed by atoms with Gasteiger partial charge in [0.2, 0.25) is 0 Å². The number of thiocarbonyl (C=S) groups is 2. The third kappa shape index (κ3) is 6.77. The molecule has 19 heavy (non-hydrogen) atoms. The van der Waals surface area contributed by atoms with Gasteiger partial charge in [0.25, 0.3) is 0 Å². The van der Waals surface area contributed by atoms with Crippen molar-refractivity contribution >= 4 is 58.3 Å². The number of hydroxylamine groups is 1. The van der Waals surface area contributed by atoms with Crippen LogP contribution in [-0.4, -0.2) is 35.7 Å². The van der Waals surface area contributed by atoms with Crippen LogP contribution in [0, 0.1) is 0 Å². The van der Waals surface area contributed by atoms with Gasteiger partial charge in [-0.2, -0.15) is 5.12 Å². The number of nitrogens with zero attached hydrogens (tertiary/aromatic N) is 3. The first-order chi connectivity index (χ1) is 8.99. The molecule has 0 saturated carbocycles. The molecule has 0 unspecified atom stereocenters. The van der Waals surface area contributed by atoms with Crippen LogP contribution in [0.25, 0.3) is 0 Å². The molecule has 0 aromatic carbocycles. The number of rotatable bonds is 3. The van der Waals surface area contributed by atoms with Crippen LogP contribution >= 0.6 is 24.4 Å². The van der Waals surface area contributed by atoms with Crippen molar-refractivity contribution < 1.29 is 35.4 Å². The topological polar surface area (TPSA) is 85.3 Å². The van der Waals surface area contributed by atoms with Gasteiger partial charge in [-0.05, 0) is 15.1 Å². The third-order valence-corrected chi connectivity index (χ3v) is 2.30. The Morgan fingerprint density at radius 1 is 1.42 bits per heavy atom. The number of hydrogen-bond donors (Lipinski definition) is 2. The SMILES string of the molecule is ONON(C(=S)[S-])N(C(=S)[S-])N1C=CCC1.[O]=[Mo+2]=[O]. The third-order valence-electron chi connectivity index (χ3n) is 1.66. The molecule has 0 spiro atoms. The van der Waals surface area contributed by atoms with E-state index in [-0.39, 0.29) is 8.64 Å². The summed E-state index contributed by atoms with van der Waals surface area (Å²) in [5, 5.41) is 12.4. The van der Waals surface area contributed by atoms with Crippen LogP contribution in [0.2, 0.25) is 0 Å². The molecule has 0 atom stereocenters. The molecule has 0 bridgehead atoms. The van der Waals surface area contributed by atoms with Gasteiger partial charge in [-0.15, -0.1) is 10.1 Å². The van der Waals surface area contributed by atoms with Gasteiger partial charge < -0.3 is 49.7 Å². The molecule has 106 valence electrons. The molecule has 0 fully saturated rings. The molecule has 1 aliphatic rings. The molecule has 1 aliphatic heterocycles. The quantitative estimate of drug-likeness (QED) is 0.274. The van der Waals surface area contributed by atoms with Gasteiger partial charge in [0.05, 0.1) is 0 Å². The van der Waals surface area contributed by atoms with Crippen LogP contribution in [0.3, 0.4) is 0 Å². The first-order valence-corrected chi connectivity index (χ1v) is 7.70. The summed E-state index contributed by atoms with van der Waals surface area (Å²) in [6.45, 7) is 0.667. The van der Waals surface area contributed by atoms with Gasteiger partial charge in [-0.3, -0.25) is 10.2 Å². The molecule has 0 aliphatic carbocycles. The van der Waals surface area contributed by atoms with E-state index in [0.29, 0.717) is 6.54 Å². The zero-order valence-electron chi connectivity index (χ0n) is 9.12. The summed E-state index contributed by atoms with van der Waals surface area (Å²) in [7, 11) is 0. The van der Waals surface area contributed by atoms with E-state index in [2.05, 4.69) is 4.94 Å². The molecular weight excluding hydrogens is 416 g/mol. The molecule has 1 heterocycles. The van der Waals surface area contributed by atoms with Crippen LogP contribution < -0.4 is 5.64 Å². The van der Waals surface area contributed by atoms with E-state index in [0.717, 1.165) is 11.6 Å². The first-order valence-electron chi connectivity index (χ1n) is 4.42. The van der Waals surface area contributed by atoms with Crippen molar-refractivity contribution in [2.45, 2.75) is 6.42 Å². The molecular formula is C6H8MoN4O4S4. The Balaban J connectivity index is 0.000000982. The Kier molecular flexibility index (Phi) is 10.6. The predicted molar refractivity (Wildman–Crippen MR) is 71.4 cm³/mol.